The lowest BCUT2D eigenvalue weighted by atomic mass is 10.1. The van der Waals surface area contributed by atoms with Gasteiger partial charge in [0.05, 0.1) is 23.3 Å². The largest absolute Gasteiger partial charge is 0.497 e. The smallest absolute Gasteiger partial charge is 0.337 e. The Morgan fingerprint density at radius 2 is 1.97 bits per heavy atom. The number of para-hydroxylation sites is 1. The Kier molecular flexibility index (Phi) is 6.14. The molecule has 155 valence electrons. The zero-order chi connectivity index (χ0) is 21.2. The highest BCUT2D eigenvalue weighted by Gasteiger charge is 2.29. The van der Waals surface area contributed by atoms with Crippen molar-refractivity contribution in [3.63, 3.8) is 0 Å². The normalized spacial score (nSPS) is 17.3. The number of likely N-dealkylation sites (tertiary alicyclic amines) is 1. The van der Waals surface area contributed by atoms with Crippen molar-refractivity contribution in [3.05, 3.63) is 60.5 Å². The van der Waals surface area contributed by atoms with Crippen LogP contribution in [0, 0.1) is 6.92 Å². The number of nitrogens with zero attached hydrogens (tertiary/aromatic N) is 2. The van der Waals surface area contributed by atoms with Gasteiger partial charge in [-0.3, -0.25) is 9.21 Å². The fraction of sp³-hybridized carbons (Fsp3) is 0.333. The first-order chi connectivity index (χ1) is 13.8. The van der Waals surface area contributed by atoms with Crippen molar-refractivity contribution in [2.24, 2.45) is 0 Å². The number of carboxylic acid groups (broad SMARTS) is 1. The van der Waals surface area contributed by atoms with Crippen LogP contribution >= 0.6 is 0 Å². The molecule has 1 fully saturated rings. The van der Waals surface area contributed by atoms with E-state index in [-0.39, 0.29) is 22.2 Å². The second-order valence-electron chi connectivity index (χ2n) is 7.03. The number of carbonyl (C=O) groups is 1. The molecule has 1 aliphatic heterocycles. The van der Waals surface area contributed by atoms with Gasteiger partial charge in [0.15, 0.2) is 0 Å². The zero-order valence-electron chi connectivity index (χ0n) is 16.5. The monoisotopic (exact) mass is 417 g/mol. The van der Waals surface area contributed by atoms with Gasteiger partial charge in [-0.15, -0.1) is 0 Å². The number of methoxy groups -OCH3 is 1. The predicted molar refractivity (Wildman–Crippen MR) is 111 cm³/mol. The number of carboxylic acids is 1. The van der Waals surface area contributed by atoms with Gasteiger partial charge < -0.3 is 9.84 Å². The summed E-state index contributed by atoms with van der Waals surface area (Å²) in [6, 6.07) is 11.0. The maximum Gasteiger partial charge on any atom is 0.337 e. The number of sulfonamides is 1. The standard InChI is InChI=1S/C21H25N2O5S/c1-15-6-5-13-23(15)14-16-7-4-8-19(21(24)25)20(16)22(2)29(26,27)18-11-9-17(28-3)10-12-18/h4,7-12,15H,1,5-6,13-14H2,2-3H3,(H,24,25)/t15-/m0/s1. The highest BCUT2D eigenvalue weighted by molar-refractivity contribution is 7.92. The maximum absolute atomic E-state index is 13.2. The molecule has 2 aromatic rings. The highest BCUT2D eigenvalue weighted by atomic mass is 32.2. The Morgan fingerprint density at radius 3 is 2.52 bits per heavy atom. The van der Waals surface area contributed by atoms with E-state index in [0.717, 1.165) is 23.7 Å². The molecule has 0 aliphatic carbocycles. The Hall–Kier alpha value is -2.58. The van der Waals surface area contributed by atoms with Gasteiger partial charge in [0, 0.05) is 19.6 Å². The van der Waals surface area contributed by atoms with E-state index in [1.54, 1.807) is 24.3 Å². The Balaban J connectivity index is 2.05. The first kappa shape index (κ1) is 21.1. The van der Waals surface area contributed by atoms with Gasteiger partial charge in [0.25, 0.3) is 10.0 Å². The molecule has 0 spiro atoms. The van der Waals surface area contributed by atoms with Gasteiger partial charge in [-0.2, -0.15) is 0 Å². The van der Waals surface area contributed by atoms with Gasteiger partial charge in [0.1, 0.15) is 5.75 Å². The molecule has 1 N–H and O–H groups in total. The minimum Gasteiger partial charge on any atom is -0.497 e. The van der Waals surface area contributed by atoms with Crippen molar-refractivity contribution in [1.82, 2.24) is 4.90 Å². The molecular weight excluding hydrogens is 392 g/mol. The van der Waals surface area contributed by atoms with Crippen LogP contribution in [-0.4, -0.2) is 51.1 Å². The van der Waals surface area contributed by atoms with E-state index in [1.165, 1.54) is 32.4 Å². The first-order valence-electron chi connectivity index (χ1n) is 9.31. The maximum atomic E-state index is 13.2. The van der Waals surface area contributed by atoms with Crippen LogP contribution in [0.25, 0.3) is 0 Å². The van der Waals surface area contributed by atoms with Gasteiger partial charge >= 0.3 is 5.97 Å². The van der Waals surface area contributed by atoms with Crippen LogP contribution in [0.5, 0.6) is 5.75 Å². The van der Waals surface area contributed by atoms with Crippen LogP contribution in [0.1, 0.15) is 28.8 Å². The molecule has 7 nitrogen and oxygen atoms in total. The summed E-state index contributed by atoms with van der Waals surface area (Å²) in [5.74, 6) is -0.639. The van der Waals surface area contributed by atoms with E-state index in [1.807, 2.05) is 0 Å². The zero-order valence-corrected chi connectivity index (χ0v) is 17.4. The van der Waals surface area contributed by atoms with E-state index < -0.39 is 16.0 Å². The quantitative estimate of drug-likeness (QED) is 0.745. The molecule has 1 saturated heterocycles. The van der Waals surface area contributed by atoms with E-state index in [9.17, 15) is 18.3 Å². The summed E-state index contributed by atoms with van der Waals surface area (Å²) in [4.78, 5) is 14.1. The van der Waals surface area contributed by atoms with E-state index in [0.29, 0.717) is 17.9 Å². The van der Waals surface area contributed by atoms with Gasteiger partial charge in [-0.25, -0.2) is 13.2 Å². The molecule has 1 aliphatic rings. The second-order valence-corrected chi connectivity index (χ2v) is 9.00. The molecule has 1 atom stereocenters. The number of benzene rings is 2. The number of ether oxygens (including phenoxy) is 1. The van der Waals surface area contributed by atoms with Crippen molar-refractivity contribution in [2.75, 3.05) is 25.0 Å². The molecule has 1 radical (unpaired) electrons. The summed E-state index contributed by atoms with van der Waals surface area (Å²) < 4.78 is 32.6. The minimum absolute atomic E-state index is 0.0538. The van der Waals surface area contributed by atoms with Crippen molar-refractivity contribution < 1.29 is 23.1 Å². The predicted octanol–water partition coefficient (Wildman–Crippen LogP) is 3.02. The SMILES string of the molecule is [CH2][C@H]1CCCN1Cc1cccc(C(=O)O)c1N(C)S(=O)(=O)c1ccc(OC)cc1. The summed E-state index contributed by atoms with van der Waals surface area (Å²) >= 11 is 0. The fourth-order valence-corrected chi connectivity index (χ4v) is 4.86. The molecule has 0 saturated carbocycles. The van der Waals surface area contributed by atoms with Crippen LogP contribution < -0.4 is 9.04 Å². The Labute approximate surface area is 171 Å². The third-order valence-electron chi connectivity index (χ3n) is 5.26. The van der Waals surface area contributed by atoms with Crippen LogP contribution in [-0.2, 0) is 16.6 Å². The molecule has 0 unspecified atom stereocenters. The number of anilines is 1. The second kappa shape index (κ2) is 8.42. The van der Waals surface area contributed by atoms with Crippen LogP contribution in [0.3, 0.4) is 0 Å². The summed E-state index contributed by atoms with van der Waals surface area (Å²) in [5, 5.41) is 9.69. The summed E-state index contributed by atoms with van der Waals surface area (Å²) in [7, 11) is -1.08. The van der Waals surface area contributed by atoms with Crippen molar-refractivity contribution in [2.45, 2.75) is 30.3 Å². The highest BCUT2D eigenvalue weighted by Crippen LogP contribution is 2.32. The minimum atomic E-state index is -3.96. The summed E-state index contributed by atoms with van der Waals surface area (Å²) in [6.45, 7) is 5.41. The lowest BCUT2D eigenvalue weighted by Gasteiger charge is -2.27. The van der Waals surface area contributed by atoms with Gasteiger partial charge in [-0.05, 0) is 62.2 Å². The van der Waals surface area contributed by atoms with Crippen molar-refractivity contribution in [3.8, 4) is 5.75 Å². The molecule has 3 rings (SSSR count). The lowest BCUT2D eigenvalue weighted by molar-refractivity contribution is 0.0697. The van der Waals surface area contributed by atoms with Crippen LogP contribution in [0.4, 0.5) is 5.69 Å². The van der Waals surface area contributed by atoms with E-state index in [2.05, 4.69) is 11.8 Å². The number of hydrogen-bond donors (Lipinski definition) is 1. The molecule has 2 aromatic carbocycles. The molecule has 1 heterocycles. The third kappa shape index (κ3) is 4.23. The number of hydrogen-bond acceptors (Lipinski definition) is 5. The summed E-state index contributed by atoms with van der Waals surface area (Å²) in [5.41, 5.74) is 0.761. The topological polar surface area (TPSA) is 87.2 Å². The lowest BCUT2D eigenvalue weighted by Crippen LogP contribution is -2.32. The molecule has 0 bridgehead atoms. The first-order valence-corrected chi connectivity index (χ1v) is 10.7. The summed E-state index contributed by atoms with van der Waals surface area (Å²) in [6.07, 6.45) is 1.98. The van der Waals surface area contributed by atoms with Crippen LogP contribution in [0.15, 0.2) is 47.4 Å². The Morgan fingerprint density at radius 1 is 1.28 bits per heavy atom. The van der Waals surface area contributed by atoms with Crippen LogP contribution in [0.2, 0.25) is 0 Å². The molecular formula is C21H25N2O5S. The van der Waals surface area contributed by atoms with E-state index >= 15 is 0 Å². The van der Waals surface area contributed by atoms with E-state index in [4.69, 9.17) is 4.74 Å². The fourth-order valence-electron chi connectivity index (χ4n) is 3.61. The Bertz CT molecular complexity index is 989. The van der Waals surface area contributed by atoms with Gasteiger partial charge in [-0.1, -0.05) is 12.1 Å². The van der Waals surface area contributed by atoms with Crippen molar-refractivity contribution >= 4 is 21.7 Å². The third-order valence-corrected chi connectivity index (χ3v) is 7.03. The van der Waals surface area contributed by atoms with Crippen molar-refractivity contribution in [1.29, 1.82) is 0 Å². The molecule has 0 aromatic heterocycles. The molecule has 0 amide bonds. The molecule has 8 heteroatoms. The average molecular weight is 418 g/mol. The van der Waals surface area contributed by atoms with Gasteiger partial charge in [0.2, 0.25) is 0 Å². The number of rotatable bonds is 7. The molecule has 29 heavy (non-hydrogen) atoms. The number of aromatic carboxylic acids is 1. The average Bonchev–Trinajstić information content (AvgIpc) is 3.11.